The number of benzene rings is 3. The molecule has 0 saturated heterocycles. The molecular formula is C22H20N2O3. The number of hydrogen-bond donors (Lipinski definition) is 2. The summed E-state index contributed by atoms with van der Waals surface area (Å²) in [5.41, 5.74) is 2.57. The number of rotatable bonds is 6. The Hall–Kier alpha value is -3.60. The topological polar surface area (TPSA) is 67.4 Å². The maximum Gasteiger partial charge on any atom is 0.262 e. The van der Waals surface area contributed by atoms with Crippen LogP contribution in [0.15, 0.2) is 78.9 Å². The molecule has 0 saturated carbocycles. The molecule has 0 unspecified atom stereocenters. The van der Waals surface area contributed by atoms with Crippen LogP contribution >= 0.6 is 0 Å². The van der Waals surface area contributed by atoms with Crippen LogP contribution in [-0.4, -0.2) is 18.4 Å². The van der Waals surface area contributed by atoms with Crippen molar-refractivity contribution >= 4 is 23.2 Å². The molecule has 136 valence electrons. The molecule has 0 aliphatic carbocycles. The molecule has 5 nitrogen and oxygen atoms in total. The van der Waals surface area contributed by atoms with Gasteiger partial charge >= 0.3 is 0 Å². The predicted octanol–water partition coefficient (Wildman–Crippen LogP) is 4.26. The van der Waals surface area contributed by atoms with Gasteiger partial charge in [0.2, 0.25) is 0 Å². The number of hydrogen-bond acceptors (Lipinski definition) is 3. The van der Waals surface area contributed by atoms with Crippen LogP contribution in [-0.2, 0) is 4.79 Å². The molecule has 0 atom stereocenters. The lowest BCUT2D eigenvalue weighted by molar-refractivity contribution is -0.118. The number of carbonyl (C=O) groups excluding carboxylic acids is 2. The third-order valence-corrected chi connectivity index (χ3v) is 3.85. The van der Waals surface area contributed by atoms with Crippen molar-refractivity contribution in [3.05, 3.63) is 90.0 Å². The van der Waals surface area contributed by atoms with Gasteiger partial charge in [0.15, 0.2) is 6.61 Å². The first-order valence-electron chi connectivity index (χ1n) is 8.56. The van der Waals surface area contributed by atoms with Gasteiger partial charge in [-0.3, -0.25) is 9.59 Å². The van der Waals surface area contributed by atoms with Crippen molar-refractivity contribution in [1.29, 1.82) is 0 Å². The van der Waals surface area contributed by atoms with Gasteiger partial charge in [-0.1, -0.05) is 42.5 Å². The van der Waals surface area contributed by atoms with Crippen LogP contribution in [0.25, 0.3) is 0 Å². The maximum atomic E-state index is 12.4. The molecule has 0 radical (unpaired) electrons. The highest BCUT2D eigenvalue weighted by molar-refractivity contribution is 6.07. The summed E-state index contributed by atoms with van der Waals surface area (Å²) in [5.74, 6) is 0.0734. The van der Waals surface area contributed by atoms with Gasteiger partial charge < -0.3 is 15.4 Å². The minimum absolute atomic E-state index is 0.121. The van der Waals surface area contributed by atoms with Crippen LogP contribution in [0, 0.1) is 6.92 Å². The average Bonchev–Trinajstić information content (AvgIpc) is 2.70. The first-order chi connectivity index (χ1) is 13.1. The number of carbonyl (C=O) groups is 2. The van der Waals surface area contributed by atoms with Gasteiger partial charge in [-0.05, 0) is 48.9 Å². The molecule has 2 N–H and O–H groups in total. The Bertz CT molecular complexity index is 925. The van der Waals surface area contributed by atoms with Gasteiger partial charge in [0.1, 0.15) is 5.75 Å². The minimum atomic E-state index is -0.307. The Kier molecular flexibility index (Phi) is 5.84. The maximum absolute atomic E-state index is 12.4. The molecule has 2 amide bonds. The molecule has 0 aliphatic heterocycles. The molecule has 5 heteroatoms. The van der Waals surface area contributed by atoms with E-state index in [4.69, 9.17) is 4.74 Å². The van der Waals surface area contributed by atoms with Crippen LogP contribution in [0.3, 0.4) is 0 Å². The van der Waals surface area contributed by atoms with E-state index in [0.717, 1.165) is 5.56 Å². The van der Waals surface area contributed by atoms with Crippen LogP contribution < -0.4 is 15.4 Å². The number of nitrogens with one attached hydrogen (secondary N) is 2. The molecule has 3 rings (SSSR count). The Morgan fingerprint density at radius 1 is 0.815 bits per heavy atom. The second kappa shape index (κ2) is 8.67. The van der Waals surface area contributed by atoms with E-state index in [9.17, 15) is 9.59 Å². The number of para-hydroxylation sites is 1. The van der Waals surface area contributed by atoms with Crippen molar-refractivity contribution < 1.29 is 14.3 Å². The molecule has 0 fully saturated rings. The summed E-state index contributed by atoms with van der Waals surface area (Å²) in [4.78, 5) is 24.7. The quantitative estimate of drug-likeness (QED) is 0.690. The highest BCUT2D eigenvalue weighted by Crippen LogP contribution is 2.24. The van der Waals surface area contributed by atoms with Crippen molar-refractivity contribution in [2.24, 2.45) is 0 Å². The summed E-state index contributed by atoms with van der Waals surface area (Å²) in [5, 5.41) is 5.64. The molecule has 0 bridgehead atoms. The zero-order valence-corrected chi connectivity index (χ0v) is 14.9. The molecular weight excluding hydrogens is 340 g/mol. The number of anilines is 2. The minimum Gasteiger partial charge on any atom is -0.484 e. The Morgan fingerprint density at radius 2 is 1.48 bits per heavy atom. The SMILES string of the molecule is Cc1ccc(NC(=O)COc2ccccc2)c(NC(=O)c2ccccc2)c1. The van der Waals surface area contributed by atoms with E-state index in [-0.39, 0.29) is 18.4 Å². The number of amides is 2. The smallest absolute Gasteiger partial charge is 0.262 e. The Labute approximate surface area is 158 Å². The summed E-state index contributed by atoms with van der Waals surface area (Å²) in [6.07, 6.45) is 0. The molecule has 0 heterocycles. The van der Waals surface area contributed by atoms with Crippen LogP contribution in [0.5, 0.6) is 5.75 Å². The van der Waals surface area contributed by atoms with Crippen LogP contribution in [0.1, 0.15) is 15.9 Å². The monoisotopic (exact) mass is 360 g/mol. The summed E-state index contributed by atoms with van der Waals surface area (Å²) < 4.78 is 5.45. The van der Waals surface area contributed by atoms with Crippen LogP contribution in [0.2, 0.25) is 0 Å². The standard InChI is InChI=1S/C22H20N2O3/c1-16-12-13-19(23-21(25)15-27-18-10-6-3-7-11-18)20(14-16)24-22(26)17-8-4-2-5-9-17/h2-14H,15H2,1H3,(H,23,25)(H,24,26). The van der Waals surface area contributed by atoms with E-state index in [1.54, 1.807) is 42.5 Å². The number of ether oxygens (including phenoxy) is 1. The Morgan fingerprint density at radius 3 is 2.19 bits per heavy atom. The first-order valence-corrected chi connectivity index (χ1v) is 8.56. The van der Waals surface area contributed by atoms with E-state index in [0.29, 0.717) is 22.7 Å². The summed E-state index contributed by atoms with van der Waals surface area (Å²) in [7, 11) is 0. The fourth-order valence-corrected chi connectivity index (χ4v) is 2.51. The van der Waals surface area contributed by atoms with Gasteiger partial charge in [-0.2, -0.15) is 0 Å². The number of aryl methyl sites for hydroxylation is 1. The van der Waals surface area contributed by atoms with Crippen molar-refractivity contribution in [3.8, 4) is 5.75 Å². The zero-order chi connectivity index (χ0) is 19.1. The predicted molar refractivity (Wildman–Crippen MR) is 106 cm³/mol. The molecule has 27 heavy (non-hydrogen) atoms. The third-order valence-electron chi connectivity index (χ3n) is 3.85. The van der Waals surface area contributed by atoms with E-state index >= 15 is 0 Å². The molecule has 3 aromatic rings. The van der Waals surface area contributed by atoms with Crippen LogP contribution in [0.4, 0.5) is 11.4 Å². The molecule has 3 aromatic carbocycles. The lowest BCUT2D eigenvalue weighted by atomic mass is 10.1. The average molecular weight is 360 g/mol. The van der Waals surface area contributed by atoms with E-state index < -0.39 is 0 Å². The Balaban J connectivity index is 1.68. The summed E-state index contributed by atoms with van der Waals surface area (Å²) >= 11 is 0. The zero-order valence-electron chi connectivity index (χ0n) is 14.9. The van der Waals surface area contributed by atoms with Crippen molar-refractivity contribution in [3.63, 3.8) is 0 Å². The van der Waals surface area contributed by atoms with Crippen molar-refractivity contribution in [2.75, 3.05) is 17.2 Å². The van der Waals surface area contributed by atoms with Gasteiger partial charge in [-0.15, -0.1) is 0 Å². The molecule has 0 aromatic heterocycles. The summed E-state index contributed by atoms with van der Waals surface area (Å²) in [6.45, 7) is 1.80. The largest absolute Gasteiger partial charge is 0.484 e. The van der Waals surface area contributed by atoms with Gasteiger partial charge in [-0.25, -0.2) is 0 Å². The van der Waals surface area contributed by atoms with E-state index in [2.05, 4.69) is 10.6 Å². The second-order valence-corrected chi connectivity index (χ2v) is 6.02. The fraction of sp³-hybridized carbons (Fsp3) is 0.0909. The highest BCUT2D eigenvalue weighted by atomic mass is 16.5. The normalized spacial score (nSPS) is 10.1. The van der Waals surface area contributed by atoms with Gasteiger partial charge in [0.25, 0.3) is 11.8 Å². The van der Waals surface area contributed by atoms with Gasteiger partial charge in [0, 0.05) is 5.56 Å². The highest BCUT2D eigenvalue weighted by Gasteiger charge is 2.12. The van der Waals surface area contributed by atoms with Crippen molar-refractivity contribution in [2.45, 2.75) is 6.92 Å². The fourth-order valence-electron chi connectivity index (χ4n) is 2.51. The van der Waals surface area contributed by atoms with E-state index in [1.807, 2.05) is 43.3 Å². The lowest BCUT2D eigenvalue weighted by Gasteiger charge is -2.14. The second-order valence-electron chi connectivity index (χ2n) is 6.02. The lowest BCUT2D eigenvalue weighted by Crippen LogP contribution is -2.21. The summed E-state index contributed by atoms with van der Waals surface area (Å²) in [6, 6.07) is 23.5. The van der Waals surface area contributed by atoms with Gasteiger partial charge in [0.05, 0.1) is 11.4 Å². The van der Waals surface area contributed by atoms with Crippen molar-refractivity contribution in [1.82, 2.24) is 0 Å². The third kappa shape index (κ3) is 5.19. The molecule has 0 aliphatic rings. The first kappa shape index (κ1) is 18.2. The molecule has 0 spiro atoms. The van der Waals surface area contributed by atoms with E-state index in [1.165, 1.54) is 0 Å².